The molecule has 0 spiro atoms. The lowest BCUT2D eigenvalue weighted by Crippen LogP contribution is -2.26. The second kappa shape index (κ2) is 8.68. The second-order valence-corrected chi connectivity index (χ2v) is 6.72. The van der Waals surface area contributed by atoms with Crippen LogP contribution in [0.4, 0.5) is 5.69 Å². The lowest BCUT2D eigenvalue weighted by atomic mass is 10.2. The number of carbonyl (C=O) groups is 1. The highest BCUT2D eigenvalue weighted by Crippen LogP contribution is 2.24. The van der Waals surface area contributed by atoms with E-state index in [1.54, 1.807) is 11.1 Å². The zero-order chi connectivity index (χ0) is 18.4. The maximum absolute atomic E-state index is 12.3. The van der Waals surface area contributed by atoms with Crippen molar-refractivity contribution in [1.82, 2.24) is 9.88 Å². The third kappa shape index (κ3) is 4.73. The maximum atomic E-state index is 12.3. The number of carbonyl (C=O) groups excluding carboxylic acids is 1. The van der Waals surface area contributed by atoms with E-state index in [-0.39, 0.29) is 5.91 Å². The Morgan fingerprint density at radius 2 is 1.96 bits per heavy atom. The summed E-state index contributed by atoms with van der Waals surface area (Å²) in [6.07, 6.45) is 3.06. The Balaban J connectivity index is 1.49. The number of aromatic nitrogens is 1. The number of nitrogens with one attached hydrogen (secondary N) is 1. The van der Waals surface area contributed by atoms with Gasteiger partial charge in [0.05, 0.1) is 5.52 Å². The first-order valence-corrected chi connectivity index (χ1v) is 9.07. The van der Waals surface area contributed by atoms with Crippen LogP contribution in [0, 0.1) is 0 Å². The van der Waals surface area contributed by atoms with Gasteiger partial charge in [-0.25, -0.2) is 0 Å². The molecule has 1 N–H and O–H groups in total. The number of rotatable bonds is 7. The van der Waals surface area contributed by atoms with Crippen LogP contribution in [-0.2, 0) is 11.3 Å². The number of anilines is 1. The van der Waals surface area contributed by atoms with Gasteiger partial charge < -0.3 is 10.2 Å². The number of amides is 1. The average molecular weight is 368 g/mol. The van der Waals surface area contributed by atoms with Gasteiger partial charge in [0, 0.05) is 48.9 Å². The highest BCUT2D eigenvalue weighted by molar-refractivity contribution is 6.31. The first-order chi connectivity index (χ1) is 12.6. The number of hydrogen-bond donors (Lipinski definition) is 1. The van der Waals surface area contributed by atoms with Gasteiger partial charge in [-0.1, -0.05) is 41.9 Å². The zero-order valence-corrected chi connectivity index (χ0v) is 15.5. The van der Waals surface area contributed by atoms with Gasteiger partial charge in [0.15, 0.2) is 0 Å². The summed E-state index contributed by atoms with van der Waals surface area (Å²) in [5, 5.41) is 5.10. The van der Waals surface area contributed by atoms with Crippen LogP contribution in [0.15, 0.2) is 60.8 Å². The fourth-order valence-electron chi connectivity index (χ4n) is 2.87. The highest BCUT2D eigenvalue weighted by Gasteiger charge is 2.09. The fourth-order valence-corrected chi connectivity index (χ4v) is 3.04. The molecule has 134 valence electrons. The van der Waals surface area contributed by atoms with E-state index in [2.05, 4.69) is 10.3 Å². The minimum absolute atomic E-state index is 0.155. The van der Waals surface area contributed by atoms with Crippen molar-refractivity contribution in [1.29, 1.82) is 0 Å². The van der Waals surface area contributed by atoms with Gasteiger partial charge in [0.2, 0.25) is 5.91 Å². The van der Waals surface area contributed by atoms with Gasteiger partial charge in [-0.05, 0) is 36.2 Å². The summed E-state index contributed by atoms with van der Waals surface area (Å²) in [7, 11) is 1.85. The van der Waals surface area contributed by atoms with Crippen LogP contribution in [0.2, 0.25) is 5.02 Å². The average Bonchev–Trinajstić information content (AvgIpc) is 2.65. The van der Waals surface area contributed by atoms with Crippen LogP contribution in [0.25, 0.3) is 10.9 Å². The molecule has 5 heteroatoms. The molecule has 0 radical (unpaired) electrons. The Labute approximate surface area is 158 Å². The van der Waals surface area contributed by atoms with E-state index in [0.29, 0.717) is 18.0 Å². The maximum Gasteiger partial charge on any atom is 0.222 e. The molecule has 0 aliphatic rings. The van der Waals surface area contributed by atoms with Crippen molar-refractivity contribution in [2.24, 2.45) is 0 Å². The van der Waals surface area contributed by atoms with Crippen molar-refractivity contribution in [3.05, 3.63) is 71.4 Å². The first kappa shape index (κ1) is 18.2. The van der Waals surface area contributed by atoms with Crippen molar-refractivity contribution in [3.63, 3.8) is 0 Å². The van der Waals surface area contributed by atoms with Crippen LogP contribution in [0.3, 0.4) is 0 Å². The van der Waals surface area contributed by atoms with Crippen molar-refractivity contribution in [2.45, 2.75) is 19.4 Å². The molecule has 0 aliphatic heterocycles. The molecule has 0 saturated carbocycles. The summed E-state index contributed by atoms with van der Waals surface area (Å²) in [5.74, 6) is 0.155. The summed E-state index contributed by atoms with van der Waals surface area (Å²) in [6, 6.07) is 17.6. The molecule has 26 heavy (non-hydrogen) atoms. The lowest BCUT2D eigenvalue weighted by Gasteiger charge is -2.17. The molecule has 3 aromatic rings. The lowest BCUT2D eigenvalue weighted by molar-refractivity contribution is -0.130. The smallest absolute Gasteiger partial charge is 0.222 e. The molecule has 0 bridgehead atoms. The second-order valence-electron chi connectivity index (χ2n) is 6.29. The van der Waals surface area contributed by atoms with E-state index in [1.807, 2.05) is 61.6 Å². The van der Waals surface area contributed by atoms with Crippen molar-refractivity contribution in [3.8, 4) is 0 Å². The highest BCUT2D eigenvalue weighted by atomic mass is 35.5. The summed E-state index contributed by atoms with van der Waals surface area (Å²) >= 11 is 6.02. The molecule has 2 aromatic carbocycles. The monoisotopic (exact) mass is 367 g/mol. The molecule has 0 aliphatic carbocycles. The first-order valence-electron chi connectivity index (χ1n) is 8.69. The Hall–Kier alpha value is -2.59. The van der Waals surface area contributed by atoms with Crippen LogP contribution < -0.4 is 5.32 Å². The van der Waals surface area contributed by atoms with E-state index in [1.165, 1.54) is 0 Å². The summed E-state index contributed by atoms with van der Waals surface area (Å²) in [5.41, 5.74) is 3.02. The molecule has 1 aromatic heterocycles. The molecule has 1 heterocycles. The van der Waals surface area contributed by atoms with Gasteiger partial charge >= 0.3 is 0 Å². The minimum Gasteiger partial charge on any atom is -0.384 e. The SMILES string of the molecule is CN(Cc1ccccc1)C(=O)CCCNc1ccnc2cc(Cl)ccc12. The summed E-state index contributed by atoms with van der Waals surface area (Å²) < 4.78 is 0. The molecule has 4 nitrogen and oxygen atoms in total. The number of hydrogen-bond acceptors (Lipinski definition) is 3. The standard InChI is InChI=1S/C21H22ClN3O/c1-25(15-16-6-3-2-4-7-16)21(26)8-5-12-23-19-11-13-24-20-14-17(22)9-10-18(19)20/h2-4,6-7,9-11,13-14H,5,8,12,15H2,1H3,(H,23,24). The third-order valence-corrected chi connectivity index (χ3v) is 4.51. The van der Waals surface area contributed by atoms with E-state index < -0.39 is 0 Å². The molecule has 0 atom stereocenters. The molecule has 0 saturated heterocycles. The predicted octanol–water partition coefficient (Wildman–Crippen LogP) is 4.74. The van der Waals surface area contributed by atoms with E-state index in [4.69, 9.17) is 11.6 Å². The minimum atomic E-state index is 0.155. The number of halogens is 1. The summed E-state index contributed by atoms with van der Waals surface area (Å²) in [6.45, 7) is 1.37. The number of fused-ring (bicyclic) bond motifs is 1. The van der Waals surface area contributed by atoms with Gasteiger partial charge in [0.1, 0.15) is 0 Å². The van der Waals surface area contributed by atoms with E-state index in [0.717, 1.165) is 35.1 Å². The number of pyridine rings is 1. The largest absolute Gasteiger partial charge is 0.384 e. The van der Waals surface area contributed by atoms with Crippen LogP contribution in [-0.4, -0.2) is 29.4 Å². The van der Waals surface area contributed by atoms with Crippen molar-refractivity contribution in [2.75, 3.05) is 18.9 Å². The van der Waals surface area contributed by atoms with Gasteiger partial charge in [0.25, 0.3) is 0 Å². The van der Waals surface area contributed by atoms with Crippen LogP contribution in [0.5, 0.6) is 0 Å². The Kier molecular flexibility index (Phi) is 6.08. The molecular weight excluding hydrogens is 346 g/mol. The topological polar surface area (TPSA) is 45.2 Å². The molecule has 1 amide bonds. The number of benzene rings is 2. The normalized spacial score (nSPS) is 10.7. The summed E-state index contributed by atoms with van der Waals surface area (Å²) in [4.78, 5) is 18.4. The van der Waals surface area contributed by atoms with Crippen molar-refractivity contribution >= 4 is 34.1 Å². The quantitative estimate of drug-likeness (QED) is 0.613. The van der Waals surface area contributed by atoms with E-state index >= 15 is 0 Å². The van der Waals surface area contributed by atoms with Crippen LogP contribution >= 0.6 is 11.6 Å². The molecule has 3 rings (SSSR count). The predicted molar refractivity (Wildman–Crippen MR) is 107 cm³/mol. The van der Waals surface area contributed by atoms with Gasteiger partial charge in [-0.15, -0.1) is 0 Å². The molecule has 0 unspecified atom stereocenters. The van der Waals surface area contributed by atoms with Crippen LogP contribution in [0.1, 0.15) is 18.4 Å². The Morgan fingerprint density at radius 3 is 2.77 bits per heavy atom. The molecule has 0 fully saturated rings. The number of nitrogens with zero attached hydrogens (tertiary/aromatic N) is 2. The Morgan fingerprint density at radius 1 is 1.15 bits per heavy atom. The molecular formula is C21H22ClN3O. The van der Waals surface area contributed by atoms with Gasteiger partial charge in [-0.2, -0.15) is 0 Å². The zero-order valence-electron chi connectivity index (χ0n) is 14.8. The van der Waals surface area contributed by atoms with Gasteiger partial charge in [-0.3, -0.25) is 9.78 Å². The Bertz CT molecular complexity index is 883. The fraction of sp³-hybridized carbons (Fsp3) is 0.238. The van der Waals surface area contributed by atoms with Crippen molar-refractivity contribution < 1.29 is 4.79 Å². The van der Waals surface area contributed by atoms with E-state index in [9.17, 15) is 4.79 Å². The third-order valence-electron chi connectivity index (χ3n) is 4.28.